The molecular formula is C12H10BrFN2O2. The van der Waals surface area contributed by atoms with Gasteiger partial charge in [-0.05, 0) is 19.1 Å². The van der Waals surface area contributed by atoms with Crippen LogP contribution in [-0.2, 0) is 7.05 Å². The first-order valence-electron chi connectivity index (χ1n) is 5.14. The minimum atomic E-state index is -0.425. The molecule has 0 bridgehead atoms. The summed E-state index contributed by atoms with van der Waals surface area (Å²) in [5, 5.41) is 4.08. The van der Waals surface area contributed by atoms with E-state index in [0.717, 1.165) is 0 Å². The number of carbonyl (C=O) groups is 1. The zero-order valence-corrected chi connectivity index (χ0v) is 11.4. The summed E-state index contributed by atoms with van der Waals surface area (Å²) in [6, 6.07) is 4.17. The normalized spacial score (nSPS) is 10.4. The van der Waals surface area contributed by atoms with Gasteiger partial charge in [0.05, 0.1) is 11.3 Å². The highest BCUT2D eigenvalue weighted by molar-refractivity contribution is 9.10. The number of halogens is 2. The first-order chi connectivity index (χ1) is 8.51. The molecule has 0 aliphatic rings. The second-order valence-corrected chi connectivity index (χ2v) is 4.67. The van der Waals surface area contributed by atoms with E-state index in [2.05, 4.69) is 21.0 Å². The Balaban J connectivity index is 2.42. The molecule has 0 saturated heterocycles. The number of aromatic nitrogens is 2. The largest absolute Gasteiger partial charge is 0.438 e. The van der Waals surface area contributed by atoms with Gasteiger partial charge in [-0.25, -0.2) is 9.07 Å². The Morgan fingerprint density at radius 3 is 2.78 bits per heavy atom. The maximum Gasteiger partial charge on any atom is 0.228 e. The summed E-state index contributed by atoms with van der Waals surface area (Å²) in [5.74, 6) is 0.166. The van der Waals surface area contributed by atoms with Crippen molar-refractivity contribution in [2.75, 3.05) is 0 Å². The number of aldehydes is 1. The zero-order valence-electron chi connectivity index (χ0n) is 9.78. The Morgan fingerprint density at radius 2 is 2.17 bits per heavy atom. The van der Waals surface area contributed by atoms with Crippen LogP contribution in [-0.4, -0.2) is 16.1 Å². The van der Waals surface area contributed by atoms with E-state index in [9.17, 15) is 9.18 Å². The fraction of sp³-hybridized carbons (Fsp3) is 0.167. The van der Waals surface area contributed by atoms with Crippen LogP contribution in [0.3, 0.4) is 0 Å². The van der Waals surface area contributed by atoms with E-state index in [0.29, 0.717) is 33.6 Å². The van der Waals surface area contributed by atoms with Crippen molar-refractivity contribution in [3.8, 4) is 11.6 Å². The molecule has 18 heavy (non-hydrogen) atoms. The molecule has 0 amide bonds. The average molecular weight is 313 g/mol. The Kier molecular flexibility index (Phi) is 3.47. The molecule has 0 N–H and O–H groups in total. The highest BCUT2D eigenvalue weighted by Crippen LogP contribution is 2.28. The van der Waals surface area contributed by atoms with Crippen LogP contribution >= 0.6 is 15.9 Å². The van der Waals surface area contributed by atoms with Gasteiger partial charge in [-0.2, -0.15) is 5.10 Å². The van der Waals surface area contributed by atoms with E-state index < -0.39 is 5.82 Å². The van der Waals surface area contributed by atoms with E-state index >= 15 is 0 Å². The lowest BCUT2D eigenvalue weighted by Crippen LogP contribution is -1.97. The lowest BCUT2D eigenvalue weighted by molar-refractivity contribution is 0.112. The molecule has 1 aromatic carbocycles. The number of rotatable bonds is 3. The molecule has 0 aliphatic heterocycles. The molecule has 94 valence electrons. The van der Waals surface area contributed by atoms with Crippen molar-refractivity contribution in [3.63, 3.8) is 0 Å². The number of benzene rings is 1. The van der Waals surface area contributed by atoms with Crippen LogP contribution in [0.15, 0.2) is 22.7 Å². The molecule has 0 spiro atoms. The van der Waals surface area contributed by atoms with Gasteiger partial charge in [0.25, 0.3) is 0 Å². The van der Waals surface area contributed by atoms with Crippen molar-refractivity contribution in [3.05, 3.63) is 39.7 Å². The van der Waals surface area contributed by atoms with Crippen molar-refractivity contribution in [1.82, 2.24) is 9.78 Å². The molecule has 0 atom stereocenters. The second kappa shape index (κ2) is 4.89. The number of ether oxygens (including phenoxy) is 1. The summed E-state index contributed by atoms with van der Waals surface area (Å²) < 4.78 is 20.7. The summed E-state index contributed by atoms with van der Waals surface area (Å²) in [6.45, 7) is 1.71. The minimum absolute atomic E-state index is 0.292. The van der Waals surface area contributed by atoms with Crippen molar-refractivity contribution >= 4 is 22.2 Å². The van der Waals surface area contributed by atoms with E-state index in [4.69, 9.17) is 4.74 Å². The van der Waals surface area contributed by atoms with Crippen molar-refractivity contribution < 1.29 is 13.9 Å². The Morgan fingerprint density at radius 1 is 1.44 bits per heavy atom. The van der Waals surface area contributed by atoms with Gasteiger partial charge >= 0.3 is 0 Å². The Labute approximate surface area is 111 Å². The van der Waals surface area contributed by atoms with E-state index in [1.807, 2.05) is 0 Å². The second-order valence-electron chi connectivity index (χ2n) is 3.75. The van der Waals surface area contributed by atoms with Gasteiger partial charge in [0.15, 0.2) is 6.29 Å². The summed E-state index contributed by atoms with van der Waals surface area (Å²) in [4.78, 5) is 11.0. The van der Waals surface area contributed by atoms with Gasteiger partial charge in [-0.1, -0.05) is 15.9 Å². The van der Waals surface area contributed by atoms with Gasteiger partial charge in [0.2, 0.25) is 5.88 Å². The van der Waals surface area contributed by atoms with Gasteiger partial charge in [0, 0.05) is 17.6 Å². The lowest BCUT2D eigenvalue weighted by Gasteiger charge is -2.07. The maximum atomic E-state index is 13.2. The molecule has 0 fully saturated rings. The van der Waals surface area contributed by atoms with Crippen molar-refractivity contribution in [1.29, 1.82) is 0 Å². The molecule has 1 aromatic heterocycles. The number of hydrogen-bond acceptors (Lipinski definition) is 3. The van der Waals surface area contributed by atoms with Crippen LogP contribution in [0.25, 0.3) is 0 Å². The monoisotopic (exact) mass is 312 g/mol. The van der Waals surface area contributed by atoms with Crippen LogP contribution in [0.5, 0.6) is 11.6 Å². The van der Waals surface area contributed by atoms with Gasteiger partial charge in [0.1, 0.15) is 11.6 Å². The van der Waals surface area contributed by atoms with E-state index in [-0.39, 0.29) is 0 Å². The molecule has 0 unspecified atom stereocenters. The molecule has 2 aromatic rings. The number of nitrogens with zero attached hydrogens (tertiary/aromatic N) is 2. The van der Waals surface area contributed by atoms with Crippen LogP contribution in [0, 0.1) is 12.7 Å². The Bertz CT molecular complexity index is 590. The van der Waals surface area contributed by atoms with E-state index in [1.165, 1.54) is 16.8 Å². The van der Waals surface area contributed by atoms with Gasteiger partial charge < -0.3 is 4.74 Å². The molecule has 1 heterocycles. The third-order valence-corrected chi connectivity index (χ3v) is 2.84. The van der Waals surface area contributed by atoms with Gasteiger partial charge in [-0.3, -0.25) is 4.79 Å². The highest BCUT2D eigenvalue weighted by Gasteiger charge is 2.15. The number of hydrogen-bond donors (Lipinski definition) is 0. The molecule has 0 saturated carbocycles. The number of carbonyl (C=O) groups excluding carboxylic acids is 1. The smallest absolute Gasteiger partial charge is 0.228 e. The highest BCUT2D eigenvalue weighted by atomic mass is 79.9. The van der Waals surface area contributed by atoms with Crippen LogP contribution in [0.2, 0.25) is 0 Å². The molecule has 0 aliphatic carbocycles. The minimum Gasteiger partial charge on any atom is -0.438 e. The van der Waals surface area contributed by atoms with Crippen molar-refractivity contribution in [2.45, 2.75) is 6.92 Å². The van der Waals surface area contributed by atoms with E-state index in [1.54, 1.807) is 20.0 Å². The maximum absolute atomic E-state index is 13.2. The first kappa shape index (κ1) is 12.8. The van der Waals surface area contributed by atoms with Crippen LogP contribution in [0.4, 0.5) is 4.39 Å². The predicted molar refractivity (Wildman–Crippen MR) is 67.5 cm³/mol. The summed E-state index contributed by atoms with van der Waals surface area (Å²) in [6.07, 6.45) is 0.673. The molecule has 0 radical (unpaired) electrons. The number of aryl methyl sites for hydroxylation is 2. The topological polar surface area (TPSA) is 44.1 Å². The third kappa shape index (κ3) is 2.43. The SMILES string of the molecule is Cc1nn(C)c(Oc2cc(F)cc(Br)c2)c1C=O. The van der Waals surface area contributed by atoms with Gasteiger partial charge in [-0.15, -0.1) is 0 Å². The zero-order chi connectivity index (χ0) is 13.3. The Hall–Kier alpha value is -1.69. The third-order valence-electron chi connectivity index (χ3n) is 2.38. The molecule has 2 rings (SSSR count). The lowest BCUT2D eigenvalue weighted by atomic mass is 10.3. The average Bonchev–Trinajstić information content (AvgIpc) is 2.52. The van der Waals surface area contributed by atoms with Crippen molar-refractivity contribution in [2.24, 2.45) is 7.05 Å². The quantitative estimate of drug-likeness (QED) is 0.817. The summed E-state index contributed by atoms with van der Waals surface area (Å²) in [5.41, 5.74) is 0.927. The molecular weight excluding hydrogens is 303 g/mol. The fourth-order valence-corrected chi connectivity index (χ4v) is 2.05. The molecule has 6 heteroatoms. The van der Waals surface area contributed by atoms with Crippen LogP contribution < -0.4 is 4.74 Å². The fourth-order valence-electron chi connectivity index (χ4n) is 1.61. The first-order valence-corrected chi connectivity index (χ1v) is 5.93. The standard InChI is InChI=1S/C12H10BrFN2O2/c1-7-11(6-17)12(16(2)15-7)18-10-4-8(13)3-9(14)5-10/h3-6H,1-2H3. The summed E-state index contributed by atoms with van der Waals surface area (Å²) in [7, 11) is 1.66. The summed E-state index contributed by atoms with van der Waals surface area (Å²) >= 11 is 3.17. The predicted octanol–water partition coefficient (Wildman–Crippen LogP) is 3.23. The molecule has 4 nitrogen and oxygen atoms in total. The van der Waals surface area contributed by atoms with Crippen LogP contribution in [0.1, 0.15) is 16.1 Å².